The highest BCUT2D eigenvalue weighted by Gasteiger charge is 2.10. The van der Waals surface area contributed by atoms with Crippen LogP contribution in [0, 0.1) is 12.8 Å². The van der Waals surface area contributed by atoms with E-state index >= 15 is 0 Å². The molecule has 0 amide bonds. The van der Waals surface area contributed by atoms with E-state index in [0.29, 0.717) is 0 Å². The fourth-order valence-electron chi connectivity index (χ4n) is 2.37. The molecule has 1 aromatic carbocycles. The summed E-state index contributed by atoms with van der Waals surface area (Å²) in [5.74, 6) is -2.56. The highest BCUT2D eigenvalue weighted by molar-refractivity contribution is 7.11. The maximum Gasteiger partial charge on any atom is 0.414 e. The molecule has 0 spiro atoms. The number of hydrogen-bond donors (Lipinski definition) is 4. The zero-order valence-corrected chi connectivity index (χ0v) is 17.5. The quantitative estimate of drug-likeness (QED) is 0.277. The molecule has 0 aliphatic carbocycles. The van der Waals surface area contributed by atoms with Gasteiger partial charge in [-0.25, -0.2) is 9.59 Å². The van der Waals surface area contributed by atoms with Crippen LogP contribution in [0.2, 0.25) is 0 Å². The first kappa shape index (κ1) is 24.6. The van der Waals surface area contributed by atoms with Gasteiger partial charge >= 0.3 is 11.9 Å². The summed E-state index contributed by atoms with van der Waals surface area (Å²) in [6.45, 7) is 4.81. The first-order valence-corrected chi connectivity index (χ1v) is 10.2. The summed E-state index contributed by atoms with van der Waals surface area (Å²) in [6, 6.07) is 12.6. The minimum atomic E-state index is -1.82. The largest absolute Gasteiger partial charge is 0.494 e. The van der Waals surface area contributed by atoms with E-state index in [-0.39, 0.29) is 5.92 Å². The molecule has 7 nitrogen and oxygen atoms in total. The number of carbonyl (C=O) groups is 2. The average Bonchev–Trinajstić information content (AvgIpc) is 3.11. The number of rotatable bonds is 9. The lowest BCUT2D eigenvalue weighted by atomic mass is 10.0. The summed E-state index contributed by atoms with van der Waals surface area (Å²) in [7, 11) is 0. The lowest BCUT2D eigenvalue weighted by molar-refractivity contribution is -0.159. The number of aliphatic hydroxyl groups is 1. The van der Waals surface area contributed by atoms with Gasteiger partial charge in [0.2, 0.25) is 0 Å². The van der Waals surface area contributed by atoms with E-state index in [2.05, 4.69) is 31.2 Å². The van der Waals surface area contributed by atoms with Gasteiger partial charge in [0.05, 0.1) is 6.61 Å². The summed E-state index contributed by atoms with van der Waals surface area (Å²) in [4.78, 5) is 21.0. The number of carboxylic acid groups (broad SMARTS) is 2. The Hall–Kier alpha value is -2.42. The van der Waals surface area contributed by atoms with Crippen molar-refractivity contribution in [1.29, 1.82) is 0 Å². The molecule has 8 heteroatoms. The molecule has 0 bridgehead atoms. The number of nitrogens with two attached hydrogens (primary N) is 1. The van der Waals surface area contributed by atoms with Crippen LogP contribution < -0.4 is 10.5 Å². The number of aryl methyl sites for hydroxylation is 3. The second kappa shape index (κ2) is 12.9. The molecule has 29 heavy (non-hydrogen) atoms. The maximum atomic E-state index is 9.33. The molecular formula is C21H29NO6S. The van der Waals surface area contributed by atoms with Gasteiger partial charge in [0, 0.05) is 9.75 Å². The third kappa shape index (κ3) is 10.6. The van der Waals surface area contributed by atoms with Crippen molar-refractivity contribution >= 4 is 23.3 Å². The van der Waals surface area contributed by atoms with Crippen molar-refractivity contribution in [3.8, 4) is 5.75 Å². The van der Waals surface area contributed by atoms with Crippen LogP contribution in [0.4, 0.5) is 0 Å². The van der Waals surface area contributed by atoms with Crippen molar-refractivity contribution in [2.24, 2.45) is 11.7 Å². The lowest BCUT2D eigenvalue weighted by Crippen LogP contribution is -2.27. The topological polar surface area (TPSA) is 130 Å². The Morgan fingerprint density at radius 3 is 2.28 bits per heavy atom. The van der Waals surface area contributed by atoms with Crippen molar-refractivity contribution in [3.05, 3.63) is 51.7 Å². The highest BCUT2D eigenvalue weighted by Crippen LogP contribution is 2.21. The molecule has 0 fully saturated rings. The molecule has 2 rings (SSSR count). The minimum Gasteiger partial charge on any atom is -0.494 e. The summed E-state index contributed by atoms with van der Waals surface area (Å²) in [6.07, 6.45) is 3.26. The van der Waals surface area contributed by atoms with Gasteiger partial charge in [-0.2, -0.15) is 0 Å². The summed E-state index contributed by atoms with van der Waals surface area (Å²) in [5, 5.41) is 24.1. The van der Waals surface area contributed by atoms with Crippen molar-refractivity contribution < 1.29 is 29.6 Å². The van der Waals surface area contributed by atoms with E-state index in [9.17, 15) is 5.11 Å². The zero-order chi connectivity index (χ0) is 21.8. The van der Waals surface area contributed by atoms with Crippen LogP contribution in [0.25, 0.3) is 0 Å². The summed E-state index contributed by atoms with van der Waals surface area (Å²) < 4.78 is 5.78. The Balaban J connectivity index is 0.000000612. The van der Waals surface area contributed by atoms with E-state index < -0.39 is 18.2 Å². The monoisotopic (exact) mass is 423 g/mol. The fourth-order valence-corrected chi connectivity index (χ4v) is 3.45. The van der Waals surface area contributed by atoms with Gasteiger partial charge in [0.25, 0.3) is 0 Å². The van der Waals surface area contributed by atoms with Gasteiger partial charge in [-0.05, 0) is 68.4 Å². The molecule has 160 valence electrons. The summed E-state index contributed by atoms with van der Waals surface area (Å²) >= 11 is 1.86. The third-order valence-electron chi connectivity index (χ3n) is 4.16. The molecule has 0 aliphatic heterocycles. The van der Waals surface area contributed by atoms with Crippen LogP contribution >= 0.6 is 11.3 Å². The van der Waals surface area contributed by atoms with Crippen LogP contribution in [0.5, 0.6) is 5.75 Å². The molecule has 0 radical (unpaired) electrons. The van der Waals surface area contributed by atoms with Crippen LogP contribution in [-0.2, 0) is 22.4 Å². The predicted octanol–water partition coefficient (Wildman–Crippen LogP) is 3.07. The molecule has 0 saturated carbocycles. The molecule has 1 aromatic heterocycles. The highest BCUT2D eigenvalue weighted by atomic mass is 32.1. The van der Waals surface area contributed by atoms with E-state index in [0.717, 1.165) is 38.0 Å². The number of ether oxygens (including phenoxy) is 1. The van der Waals surface area contributed by atoms with Gasteiger partial charge in [0.1, 0.15) is 12.0 Å². The summed E-state index contributed by atoms with van der Waals surface area (Å²) in [5.41, 5.74) is 6.71. The van der Waals surface area contributed by atoms with Crippen molar-refractivity contribution in [3.63, 3.8) is 0 Å². The fraction of sp³-hybridized carbons (Fsp3) is 0.429. The Bertz CT molecular complexity index is 762. The van der Waals surface area contributed by atoms with Crippen molar-refractivity contribution in [2.75, 3.05) is 6.61 Å². The Morgan fingerprint density at radius 2 is 1.72 bits per heavy atom. The standard InChI is InChI=1S/C19H27NO2S.C2H2O4/c1-14-5-3-6-16(13-14)22-12-4-7-17-10-11-18(23-17)9-8-15(2)19(20)21;3-1(4)2(5)6/h3,5-6,10-11,13,15,19,21H,4,7-9,12,20H2,1-2H3;(H,3,4)(H,5,6)/t15-,19?;/m1./s1. The normalized spacial score (nSPS) is 12.4. The number of aliphatic carboxylic acids is 2. The van der Waals surface area contributed by atoms with Crippen molar-refractivity contribution in [1.82, 2.24) is 0 Å². The first-order valence-electron chi connectivity index (χ1n) is 9.36. The number of thiophene rings is 1. The van der Waals surface area contributed by atoms with Gasteiger partial charge in [-0.3, -0.25) is 0 Å². The Labute approximate surface area is 174 Å². The maximum absolute atomic E-state index is 9.33. The molecule has 1 heterocycles. The van der Waals surface area contributed by atoms with Gasteiger partial charge < -0.3 is 25.8 Å². The van der Waals surface area contributed by atoms with Crippen LogP contribution in [0.3, 0.4) is 0 Å². The second-order valence-electron chi connectivity index (χ2n) is 6.75. The smallest absolute Gasteiger partial charge is 0.414 e. The van der Waals surface area contributed by atoms with E-state index in [1.54, 1.807) is 0 Å². The molecule has 2 aromatic rings. The Morgan fingerprint density at radius 1 is 1.10 bits per heavy atom. The van der Waals surface area contributed by atoms with Crippen molar-refractivity contribution in [2.45, 2.75) is 45.8 Å². The first-order chi connectivity index (χ1) is 13.7. The number of carboxylic acids is 2. The number of aliphatic hydroxyl groups excluding tert-OH is 1. The molecular weight excluding hydrogens is 394 g/mol. The minimum absolute atomic E-state index is 0.142. The molecule has 5 N–H and O–H groups in total. The predicted molar refractivity (Wildman–Crippen MR) is 112 cm³/mol. The van der Waals surface area contributed by atoms with Crippen LogP contribution in [0.15, 0.2) is 36.4 Å². The molecule has 1 unspecified atom stereocenters. The number of hydrogen-bond acceptors (Lipinski definition) is 6. The lowest BCUT2D eigenvalue weighted by Gasteiger charge is -2.13. The third-order valence-corrected chi connectivity index (χ3v) is 5.36. The average molecular weight is 424 g/mol. The molecule has 0 saturated heterocycles. The van der Waals surface area contributed by atoms with Crippen LogP contribution in [-0.4, -0.2) is 40.1 Å². The second-order valence-corrected chi connectivity index (χ2v) is 8.01. The Kier molecular flexibility index (Phi) is 11.0. The van der Waals surface area contributed by atoms with E-state index in [1.807, 2.05) is 30.4 Å². The van der Waals surface area contributed by atoms with Gasteiger partial charge in [-0.1, -0.05) is 19.1 Å². The van der Waals surface area contributed by atoms with E-state index in [4.69, 9.17) is 30.3 Å². The molecule has 2 atom stereocenters. The van der Waals surface area contributed by atoms with Gasteiger partial charge in [0.15, 0.2) is 0 Å². The van der Waals surface area contributed by atoms with E-state index in [1.165, 1.54) is 15.3 Å². The van der Waals surface area contributed by atoms with Crippen LogP contribution in [0.1, 0.15) is 35.1 Å². The number of benzene rings is 1. The zero-order valence-electron chi connectivity index (χ0n) is 16.7. The molecule has 0 aliphatic rings. The SMILES string of the molecule is Cc1cccc(OCCCc2ccc(CC[C@@H](C)C(N)O)s2)c1.O=C(O)C(=O)O. The van der Waals surface area contributed by atoms with Gasteiger partial charge in [-0.15, -0.1) is 11.3 Å².